The van der Waals surface area contributed by atoms with Crippen LogP contribution in [0.25, 0.3) is 0 Å². The lowest BCUT2D eigenvalue weighted by Gasteiger charge is -2.09. The van der Waals surface area contributed by atoms with Crippen LogP contribution in [0.2, 0.25) is 0 Å². The van der Waals surface area contributed by atoms with Crippen molar-refractivity contribution in [2.45, 2.75) is 23.6 Å². The molecule has 0 aliphatic heterocycles. The molecule has 12 heteroatoms. The number of benzene rings is 2. The Bertz CT molecular complexity index is 1150. The summed E-state index contributed by atoms with van der Waals surface area (Å²) in [5.41, 5.74) is 1.19. The van der Waals surface area contributed by atoms with Crippen LogP contribution in [0.15, 0.2) is 58.3 Å². The van der Waals surface area contributed by atoms with Gasteiger partial charge in [0.15, 0.2) is 0 Å². The first-order valence-electron chi connectivity index (χ1n) is 6.88. The molecule has 0 saturated carbocycles. The predicted octanol–water partition coefficient (Wildman–Crippen LogP) is 1.13. The van der Waals surface area contributed by atoms with Crippen molar-refractivity contribution in [2.75, 3.05) is 0 Å². The van der Waals surface area contributed by atoms with E-state index in [9.17, 15) is 33.7 Å². The molecule has 0 spiro atoms. The minimum Gasteiger partial charge on any atom is -0.206 e. The molecule has 2 aromatic carbocycles. The standard InChI is InChI=1S/C14H14O8S4/c1-11-3-7-13(8-4-11)23(15,16)25(19,20)26(21,22)24(17,18)14-9-5-12(2)6-10-14/h3-10H,1-2H3. The average molecular weight is 439 g/mol. The van der Waals surface area contributed by atoms with Crippen LogP contribution < -0.4 is 0 Å². The fourth-order valence-corrected chi connectivity index (χ4v) is 16.4. The van der Waals surface area contributed by atoms with Gasteiger partial charge < -0.3 is 0 Å². The predicted molar refractivity (Wildman–Crippen MR) is 94.6 cm³/mol. The van der Waals surface area contributed by atoms with Crippen molar-refractivity contribution >= 4 is 33.5 Å². The SMILES string of the molecule is Cc1ccc(S(=O)(=O)S(=O)(=O)S(=O)(=O)S(=O)(=O)c2ccc(C)cc2)cc1. The van der Waals surface area contributed by atoms with Crippen molar-refractivity contribution in [1.29, 1.82) is 0 Å². The lowest BCUT2D eigenvalue weighted by Crippen LogP contribution is -2.30. The molecule has 0 N–H and O–H groups in total. The van der Waals surface area contributed by atoms with Gasteiger partial charge in [0, 0.05) is 0 Å². The van der Waals surface area contributed by atoms with Crippen molar-refractivity contribution in [1.82, 2.24) is 0 Å². The molecule has 0 bridgehead atoms. The zero-order valence-corrected chi connectivity index (χ0v) is 16.8. The van der Waals surface area contributed by atoms with Crippen molar-refractivity contribution in [3.8, 4) is 0 Å². The second-order valence-corrected chi connectivity index (χ2v) is 18.9. The Kier molecular flexibility index (Phi) is 5.09. The molecular weight excluding hydrogens is 424 g/mol. The highest BCUT2D eigenvalue weighted by Gasteiger charge is 2.52. The average Bonchev–Trinajstić information content (AvgIpc) is 2.55. The van der Waals surface area contributed by atoms with Crippen molar-refractivity contribution in [2.24, 2.45) is 0 Å². The highest BCUT2D eigenvalue weighted by molar-refractivity contribution is 9.15. The molecule has 26 heavy (non-hydrogen) atoms. The van der Waals surface area contributed by atoms with Gasteiger partial charge in [0.1, 0.15) is 0 Å². The van der Waals surface area contributed by atoms with Crippen LogP contribution in [-0.2, 0) is 33.5 Å². The van der Waals surface area contributed by atoms with Gasteiger partial charge in [-0.2, -0.15) is 16.8 Å². The summed E-state index contributed by atoms with van der Waals surface area (Å²) in [6.07, 6.45) is 0. The Labute approximate surface area is 150 Å². The van der Waals surface area contributed by atoms with Gasteiger partial charge in [-0.15, -0.1) is 0 Å². The van der Waals surface area contributed by atoms with Gasteiger partial charge in [-0.05, 0) is 38.1 Å². The van der Waals surface area contributed by atoms with Crippen molar-refractivity contribution < 1.29 is 33.7 Å². The molecule has 0 heterocycles. The molecule has 0 atom stereocenters. The molecule has 0 aliphatic carbocycles. The molecule has 0 fully saturated rings. The summed E-state index contributed by atoms with van der Waals surface area (Å²) in [6, 6.07) is 8.55. The molecule has 0 amide bonds. The normalized spacial score (nSPS) is 13.5. The Morgan fingerprint density at radius 2 is 0.692 bits per heavy atom. The molecule has 2 rings (SSSR count). The highest BCUT2D eigenvalue weighted by atomic mass is 33.8. The third-order valence-electron chi connectivity index (χ3n) is 3.41. The van der Waals surface area contributed by atoms with Crippen LogP contribution in [0.1, 0.15) is 11.1 Å². The van der Waals surface area contributed by atoms with E-state index in [4.69, 9.17) is 0 Å². The minimum atomic E-state index is -6.16. The monoisotopic (exact) mass is 438 g/mol. The van der Waals surface area contributed by atoms with Gasteiger partial charge in [-0.3, -0.25) is 0 Å². The maximum atomic E-state index is 12.3. The smallest absolute Gasteiger partial charge is 0.206 e. The summed E-state index contributed by atoms with van der Waals surface area (Å²) in [5.74, 6) is 0. The first-order chi connectivity index (χ1) is 11.7. The van der Waals surface area contributed by atoms with Gasteiger partial charge in [0.25, 0.3) is 17.7 Å². The van der Waals surface area contributed by atoms with Gasteiger partial charge in [0.2, 0.25) is 0 Å². The Hall–Kier alpha value is -1.76. The van der Waals surface area contributed by atoms with E-state index in [1.165, 1.54) is 24.3 Å². The van der Waals surface area contributed by atoms with E-state index in [1.807, 2.05) is 0 Å². The second-order valence-electron chi connectivity index (χ2n) is 5.35. The summed E-state index contributed by atoms with van der Waals surface area (Å²) >= 11 is 0. The van der Waals surface area contributed by atoms with E-state index in [0.29, 0.717) is 11.1 Å². The molecule has 0 unspecified atom stereocenters. The van der Waals surface area contributed by atoms with E-state index in [1.54, 1.807) is 13.8 Å². The van der Waals surface area contributed by atoms with E-state index < -0.39 is 43.3 Å². The second kappa shape index (κ2) is 6.44. The zero-order chi connectivity index (χ0) is 20.0. The van der Waals surface area contributed by atoms with Gasteiger partial charge in [-0.1, -0.05) is 35.4 Å². The molecule has 0 aliphatic rings. The van der Waals surface area contributed by atoms with Gasteiger partial charge in [-0.25, -0.2) is 16.8 Å². The van der Waals surface area contributed by atoms with Gasteiger partial charge >= 0.3 is 15.8 Å². The summed E-state index contributed by atoms with van der Waals surface area (Å²) in [6.45, 7) is 3.20. The molecule has 8 nitrogen and oxygen atoms in total. The van der Waals surface area contributed by atoms with E-state index in [-0.39, 0.29) is 0 Å². The fourth-order valence-electron chi connectivity index (χ4n) is 1.86. The first-order valence-corrected chi connectivity index (χ1v) is 14.4. The van der Waals surface area contributed by atoms with Crippen LogP contribution in [0.4, 0.5) is 0 Å². The highest BCUT2D eigenvalue weighted by Crippen LogP contribution is 2.29. The Balaban J connectivity index is 2.70. The minimum absolute atomic E-state index is 0.594. The maximum Gasteiger partial charge on any atom is 0.376 e. The van der Waals surface area contributed by atoms with E-state index >= 15 is 0 Å². The number of rotatable bonds is 5. The summed E-state index contributed by atoms with van der Waals surface area (Å²) in [7, 11) is -23.3. The van der Waals surface area contributed by atoms with Crippen LogP contribution in [0.3, 0.4) is 0 Å². The van der Waals surface area contributed by atoms with E-state index in [2.05, 4.69) is 0 Å². The summed E-state index contributed by atoms with van der Waals surface area (Å²) in [5, 5.41) is 0. The molecular formula is C14H14O8S4. The summed E-state index contributed by atoms with van der Waals surface area (Å²) < 4.78 is 98.4. The molecule has 2 aromatic rings. The Morgan fingerprint density at radius 1 is 0.462 bits per heavy atom. The fraction of sp³-hybridized carbons (Fsp3) is 0.143. The number of hydrogen-bond acceptors (Lipinski definition) is 8. The zero-order valence-electron chi connectivity index (χ0n) is 13.5. The van der Waals surface area contributed by atoms with Crippen LogP contribution in [0.5, 0.6) is 0 Å². The largest absolute Gasteiger partial charge is 0.376 e. The maximum absolute atomic E-state index is 12.3. The number of hydrogen-bond donors (Lipinski definition) is 0. The topological polar surface area (TPSA) is 137 Å². The van der Waals surface area contributed by atoms with Crippen LogP contribution in [-0.4, -0.2) is 33.7 Å². The van der Waals surface area contributed by atoms with Gasteiger partial charge in [0.05, 0.1) is 9.79 Å². The first kappa shape index (κ1) is 20.6. The van der Waals surface area contributed by atoms with Crippen molar-refractivity contribution in [3.05, 3.63) is 59.7 Å². The van der Waals surface area contributed by atoms with Crippen molar-refractivity contribution in [3.63, 3.8) is 0 Å². The summed E-state index contributed by atoms with van der Waals surface area (Å²) in [4.78, 5) is -1.68. The third kappa shape index (κ3) is 3.06. The van der Waals surface area contributed by atoms with Crippen LogP contribution >= 0.6 is 0 Å². The quantitative estimate of drug-likeness (QED) is 0.634. The number of aryl methyl sites for hydroxylation is 2. The lowest BCUT2D eigenvalue weighted by molar-refractivity contribution is 0.575. The molecule has 142 valence electrons. The van der Waals surface area contributed by atoms with E-state index in [0.717, 1.165) is 24.3 Å². The Morgan fingerprint density at radius 3 is 0.923 bits per heavy atom. The molecule has 0 aromatic heterocycles. The molecule has 0 radical (unpaired) electrons. The lowest BCUT2D eigenvalue weighted by atomic mass is 10.2. The third-order valence-corrected chi connectivity index (χ3v) is 19.8. The van der Waals surface area contributed by atoms with Crippen LogP contribution in [0, 0.1) is 13.8 Å². The molecule has 0 saturated heterocycles.